The summed E-state index contributed by atoms with van der Waals surface area (Å²) in [6.07, 6.45) is 0. The van der Waals surface area contributed by atoms with Crippen LogP contribution in [0, 0.1) is 0 Å². The van der Waals surface area contributed by atoms with Gasteiger partial charge in [-0.15, -0.1) is 0 Å². The van der Waals surface area contributed by atoms with Crippen molar-refractivity contribution in [2.24, 2.45) is 0 Å². The lowest BCUT2D eigenvalue weighted by atomic mass is 10.3. The average Bonchev–Trinajstić information content (AvgIpc) is 2.60. The summed E-state index contributed by atoms with van der Waals surface area (Å²) in [5.74, 6) is 0.118. The van der Waals surface area contributed by atoms with Gasteiger partial charge in [0.25, 0.3) is 0 Å². The van der Waals surface area contributed by atoms with Crippen molar-refractivity contribution in [3.63, 3.8) is 0 Å². The molecule has 0 aliphatic carbocycles. The number of rotatable bonds is 8. The summed E-state index contributed by atoms with van der Waals surface area (Å²) in [5, 5.41) is 3.10. The van der Waals surface area contributed by atoms with E-state index in [2.05, 4.69) is 5.32 Å². The maximum absolute atomic E-state index is 12.3. The highest BCUT2D eigenvalue weighted by molar-refractivity contribution is 7.89. The van der Waals surface area contributed by atoms with Crippen LogP contribution in [0.1, 0.15) is 0 Å². The van der Waals surface area contributed by atoms with Crippen molar-refractivity contribution in [2.75, 3.05) is 26.7 Å². The van der Waals surface area contributed by atoms with Gasteiger partial charge in [0.05, 0.1) is 23.0 Å². The Kier molecular flexibility index (Phi) is 6.81. The fourth-order valence-corrected chi connectivity index (χ4v) is 3.37. The molecule has 1 N–H and O–H groups in total. The predicted octanol–water partition coefficient (Wildman–Crippen LogP) is 2.16. The third-order valence-electron chi connectivity index (χ3n) is 3.34. The van der Waals surface area contributed by atoms with Gasteiger partial charge in [0.15, 0.2) is 0 Å². The number of amides is 1. The Morgan fingerprint density at radius 1 is 1.12 bits per heavy atom. The minimum Gasteiger partial charge on any atom is -0.490 e. The lowest BCUT2D eigenvalue weighted by Gasteiger charge is -2.17. The van der Waals surface area contributed by atoms with Gasteiger partial charge in [-0.2, -0.15) is 4.31 Å². The SMILES string of the molecule is CN(CC(=O)NCCOc1ccccc1Cl)S(=O)(=O)c1ccccc1. The number of nitrogens with one attached hydrogen (secondary N) is 1. The lowest BCUT2D eigenvalue weighted by molar-refractivity contribution is -0.121. The Bertz CT molecular complexity index is 812. The standard InChI is InChI=1S/C17H19ClN2O4S/c1-20(25(22,23)14-7-3-2-4-8-14)13-17(21)19-11-12-24-16-10-6-5-9-15(16)18/h2-10H,11-13H2,1H3,(H,19,21). The summed E-state index contributed by atoms with van der Waals surface area (Å²) in [6.45, 7) is 0.192. The van der Waals surface area contributed by atoms with E-state index in [1.165, 1.54) is 19.2 Å². The van der Waals surface area contributed by atoms with Crippen molar-refractivity contribution in [2.45, 2.75) is 4.90 Å². The monoisotopic (exact) mass is 382 g/mol. The smallest absolute Gasteiger partial charge is 0.243 e. The number of hydrogen-bond acceptors (Lipinski definition) is 4. The Morgan fingerprint density at radius 3 is 2.44 bits per heavy atom. The zero-order valence-corrected chi connectivity index (χ0v) is 15.3. The molecule has 0 heterocycles. The van der Waals surface area contributed by atoms with Crippen molar-refractivity contribution < 1.29 is 17.9 Å². The summed E-state index contributed by atoms with van der Waals surface area (Å²) in [4.78, 5) is 12.1. The highest BCUT2D eigenvalue weighted by atomic mass is 35.5. The number of benzene rings is 2. The second kappa shape index (κ2) is 8.84. The van der Waals surface area contributed by atoms with Gasteiger partial charge in [0.2, 0.25) is 15.9 Å². The molecular weight excluding hydrogens is 364 g/mol. The maximum Gasteiger partial charge on any atom is 0.243 e. The van der Waals surface area contributed by atoms with Gasteiger partial charge in [0.1, 0.15) is 12.4 Å². The van der Waals surface area contributed by atoms with E-state index in [-0.39, 0.29) is 24.6 Å². The Labute approximate surface area is 152 Å². The minimum absolute atomic E-state index is 0.146. The molecule has 0 unspecified atom stereocenters. The number of likely N-dealkylation sites (N-methyl/N-ethyl adjacent to an activating group) is 1. The van der Waals surface area contributed by atoms with Crippen molar-refractivity contribution in [3.05, 3.63) is 59.6 Å². The Hall–Kier alpha value is -2.09. The average molecular weight is 383 g/mol. The predicted molar refractivity (Wildman–Crippen MR) is 96.2 cm³/mol. The summed E-state index contributed by atoms with van der Waals surface area (Å²) in [6, 6.07) is 15.0. The van der Waals surface area contributed by atoms with Crippen LogP contribution >= 0.6 is 11.6 Å². The van der Waals surface area contributed by atoms with E-state index in [0.29, 0.717) is 10.8 Å². The molecule has 1 amide bonds. The quantitative estimate of drug-likeness (QED) is 0.710. The first-order valence-electron chi connectivity index (χ1n) is 7.56. The molecule has 134 valence electrons. The van der Waals surface area contributed by atoms with Crippen molar-refractivity contribution >= 4 is 27.5 Å². The highest BCUT2D eigenvalue weighted by Crippen LogP contribution is 2.22. The van der Waals surface area contributed by atoms with E-state index < -0.39 is 15.9 Å². The number of hydrogen-bond donors (Lipinski definition) is 1. The largest absolute Gasteiger partial charge is 0.490 e. The van der Waals surface area contributed by atoms with E-state index >= 15 is 0 Å². The third-order valence-corrected chi connectivity index (χ3v) is 5.47. The van der Waals surface area contributed by atoms with Crippen LogP contribution < -0.4 is 10.1 Å². The molecule has 0 saturated carbocycles. The number of halogens is 1. The van der Waals surface area contributed by atoms with Gasteiger partial charge < -0.3 is 10.1 Å². The molecule has 25 heavy (non-hydrogen) atoms. The second-order valence-electron chi connectivity index (χ2n) is 5.20. The number of carbonyl (C=O) groups excluding carboxylic acids is 1. The number of sulfonamides is 1. The van der Waals surface area contributed by atoms with E-state index in [1.54, 1.807) is 42.5 Å². The normalized spacial score (nSPS) is 11.3. The van der Waals surface area contributed by atoms with Gasteiger partial charge in [-0.25, -0.2) is 8.42 Å². The summed E-state index contributed by atoms with van der Waals surface area (Å²) < 4.78 is 31.1. The zero-order valence-electron chi connectivity index (χ0n) is 13.7. The summed E-state index contributed by atoms with van der Waals surface area (Å²) >= 11 is 5.96. The Balaban J connectivity index is 1.79. The molecular formula is C17H19ClN2O4S. The second-order valence-corrected chi connectivity index (χ2v) is 7.66. The molecule has 0 aliphatic rings. The molecule has 0 aromatic heterocycles. The molecule has 0 atom stereocenters. The first kappa shape index (κ1) is 19.2. The summed E-state index contributed by atoms with van der Waals surface area (Å²) in [5.41, 5.74) is 0. The third kappa shape index (κ3) is 5.45. The molecule has 2 aromatic carbocycles. The highest BCUT2D eigenvalue weighted by Gasteiger charge is 2.22. The van der Waals surface area contributed by atoms with Crippen LogP contribution in [0.3, 0.4) is 0 Å². The van der Waals surface area contributed by atoms with Gasteiger partial charge >= 0.3 is 0 Å². The molecule has 8 heteroatoms. The zero-order chi connectivity index (χ0) is 18.3. The number of para-hydroxylation sites is 1. The number of ether oxygens (including phenoxy) is 1. The minimum atomic E-state index is -3.69. The van der Waals surface area contributed by atoms with Crippen LogP contribution in [0.25, 0.3) is 0 Å². The number of carbonyl (C=O) groups is 1. The molecule has 0 radical (unpaired) electrons. The van der Waals surface area contributed by atoms with E-state index in [1.807, 2.05) is 0 Å². The molecule has 6 nitrogen and oxygen atoms in total. The Morgan fingerprint density at radius 2 is 1.76 bits per heavy atom. The van der Waals surface area contributed by atoms with Gasteiger partial charge in [-0.3, -0.25) is 4.79 Å². The summed E-state index contributed by atoms with van der Waals surface area (Å²) in [7, 11) is -2.33. The molecule has 2 aromatic rings. The van der Waals surface area contributed by atoms with Crippen LogP contribution in [0.4, 0.5) is 0 Å². The molecule has 0 spiro atoms. The van der Waals surface area contributed by atoms with Crippen LogP contribution in [0.5, 0.6) is 5.75 Å². The van der Waals surface area contributed by atoms with Crippen molar-refractivity contribution in [1.82, 2.24) is 9.62 Å². The lowest BCUT2D eigenvalue weighted by Crippen LogP contribution is -2.39. The number of nitrogens with zero attached hydrogens (tertiary/aromatic N) is 1. The van der Waals surface area contributed by atoms with Gasteiger partial charge in [0, 0.05) is 7.05 Å². The molecule has 2 rings (SSSR count). The van der Waals surface area contributed by atoms with Crippen molar-refractivity contribution in [3.8, 4) is 5.75 Å². The topological polar surface area (TPSA) is 75.7 Å². The van der Waals surface area contributed by atoms with Gasteiger partial charge in [-0.05, 0) is 24.3 Å². The van der Waals surface area contributed by atoms with Crippen molar-refractivity contribution in [1.29, 1.82) is 0 Å². The van der Waals surface area contributed by atoms with Crippen LogP contribution in [-0.2, 0) is 14.8 Å². The van der Waals surface area contributed by atoms with Gasteiger partial charge in [-0.1, -0.05) is 41.9 Å². The van der Waals surface area contributed by atoms with E-state index in [4.69, 9.17) is 16.3 Å². The molecule has 0 saturated heterocycles. The first-order chi connectivity index (χ1) is 11.9. The van der Waals surface area contributed by atoms with Crippen LogP contribution in [-0.4, -0.2) is 45.4 Å². The molecule has 0 aliphatic heterocycles. The van der Waals surface area contributed by atoms with Crippen LogP contribution in [0.2, 0.25) is 5.02 Å². The van der Waals surface area contributed by atoms with Crippen LogP contribution in [0.15, 0.2) is 59.5 Å². The molecule has 0 fully saturated rings. The first-order valence-corrected chi connectivity index (χ1v) is 9.38. The van der Waals surface area contributed by atoms with E-state index in [0.717, 1.165) is 4.31 Å². The maximum atomic E-state index is 12.3. The van der Waals surface area contributed by atoms with E-state index in [9.17, 15) is 13.2 Å². The fourth-order valence-electron chi connectivity index (χ4n) is 2.03. The molecule has 0 bridgehead atoms. The fraction of sp³-hybridized carbons (Fsp3) is 0.235.